The van der Waals surface area contributed by atoms with E-state index in [0.29, 0.717) is 0 Å². The van der Waals surface area contributed by atoms with Crippen LogP contribution in [0, 0.1) is 0 Å². The van der Waals surface area contributed by atoms with E-state index < -0.39 is 36.1 Å². The summed E-state index contributed by atoms with van der Waals surface area (Å²) in [4.78, 5) is 21.7. The van der Waals surface area contributed by atoms with Crippen molar-refractivity contribution in [1.29, 1.82) is 0 Å². The van der Waals surface area contributed by atoms with Crippen LogP contribution in [-0.2, 0) is 15.8 Å². The fraction of sp³-hybridized carbons (Fsp3) is 0.333. The van der Waals surface area contributed by atoms with Crippen LogP contribution < -0.4 is 5.32 Å². The van der Waals surface area contributed by atoms with Crippen LogP contribution in [0.1, 0.15) is 30.5 Å². The van der Waals surface area contributed by atoms with E-state index >= 15 is 0 Å². The molecule has 1 aromatic carbocycles. The third-order valence-corrected chi connectivity index (χ3v) is 2.40. The lowest BCUT2D eigenvalue weighted by Crippen LogP contribution is -2.29. The van der Waals surface area contributed by atoms with E-state index in [1.165, 1.54) is 12.1 Å². The molecule has 4 nitrogen and oxygen atoms in total. The van der Waals surface area contributed by atoms with Gasteiger partial charge in [0.2, 0.25) is 5.91 Å². The Morgan fingerprint density at radius 3 is 2.37 bits per heavy atom. The van der Waals surface area contributed by atoms with Crippen molar-refractivity contribution in [2.45, 2.75) is 25.6 Å². The average molecular weight is 275 g/mol. The number of carbonyl (C=O) groups excluding carboxylic acids is 1. The van der Waals surface area contributed by atoms with Crippen molar-refractivity contribution in [2.24, 2.45) is 0 Å². The summed E-state index contributed by atoms with van der Waals surface area (Å²) in [5.74, 6) is -1.89. The van der Waals surface area contributed by atoms with Crippen molar-refractivity contribution < 1.29 is 27.9 Å². The normalized spacial score (nSPS) is 12.8. The predicted octanol–water partition coefficient (Wildman–Crippen LogP) is 2.36. The highest BCUT2D eigenvalue weighted by Crippen LogP contribution is 2.35. The third-order valence-electron chi connectivity index (χ3n) is 2.40. The van der Waals surface area contributed by atoms with E-state index in [0.717, 1.165) is 19.1 Å². The number of carboxylic acid groups (broad SMARTS) is 1. The molecule has 1 atom stereocenters. The summed E-state index contributed by atoms with van der Waals surface area (Å²) in [6.07, 6.45) is -5.22. The first-order valence-corrected chi connectivity index (χ1v) is 5.37. The molecule has 2 N–H and O–H groups in total. The summed E-state index contributed by atoms with van der Waals surface area (Å²) in [6.45, 7) is 1.12. The Morgan fingerprint density at radius 1 is 1.32 bits per heavy atom. The Labute approximate surface area is 107 Å². The van der Waals surface area contributed by atoms with Crippen molar-refractivity contribution in [3.63, 3.8) is 0 Å². The molecule has 0 aromatic heterocycles. The summed E-state index contributed by atoms with van der Waals surface area (Å²) < 4.78 is 38.5. The number of amides is 1. The maximum atomic E-state index is 12.8. The van der Waals surface area contributed by atoms with Crippen LogP contribution in [0.4, 0.5) is 13.2 Å². The van der Waals surface area contributed by atoms with Crippen molar-refractivity contribution >= 4 is 11.9 Å². The molecule has 1 aromatic rings. The minimum Gasteiger partial charge on any atom is -0.481 e. The van der Waals surface area contributed by atoms with Crippen LogP contribution in [0.15, 0.2) is 24.3 Å². The lowest BCUT2D eigenvalue weighted by Gasteiger charge is -2.21. The summed E-state index contributed by atoms with van der Waals surface area (Å²) in [5, 5.41) is 10.9. The van der Waals surface area contributed by atoms with Crippen LogP contribution >= 0.6 is 0 Å². The lowest BCUT2D eigenvalue weighted by molar-refractivity contribution is -0.141. The minimum absolute atomic E-state index is 0.257. The van der Waals surface area contributed by atoms with E-state index in [1.807, 2.05) is 0 Å². The SMILES string of the molecule is CC(=O)N[C@H](CC(=O)O)c1ccccc1C(F)(F)F. The van der Waals surface area contributed by atoms with Gasteiger partial charge in [-0.3, -0.25) is 9.59 Å². The molecule has 7 heteroatoms. The Balaban J connectivity index is 3.21. The molecule has 0 unspecified atom stereocenters. The van der Waals surface area contributed by atoms with Crippen LogP contribution in [0.3, 0.4) is 0 Å². The van der Waals surface area contributed by atoms with E-state index in [1.54, 1.807) is 0 Å². The molecule has 0 aliphatic heterocycles. The third kappa shape index (κ3) is 4.27. The van der Waals surface area contributed by atoms with E-state index in [9.17, 15) is 22.8 Å². The summed E-state index contributed by atoms with van der Waals surface area (Å²) >= 11 is 0. The van der Waals surface area contributed by atoms with Gasteiger partial charge in [-0.15, -0.1) is 0 Å². The first kappa shape index (κ1) is 15.0. The molecule has 0 radical (unpaired) electrons. The minimum atomic E-state index is -4.61. The number of hydrogen-bond donors (Lipinski definition) is 2. The Kier molecular flexibility index (Phi) is 4.52. The van der Waals surface area contributed by atoms with E-state index in [4.69, 9.17) is 5.11 Å². The molecule has 0 spiro atoms. The second-order valence-corrected chi connectivity index (χ2v) is 3.94. The van der Waals surface area contributed by atoms with Crippen LogP contribution in [0.2, 0.25) is 0 Å². The van der Waals surface area contributed by atoms with Gasteiger partial charge in [0, 0.05) is 6.92 Å². The molecule has 0 saturated heterocycles. The van der Waals surface area contributed by atoms with E-state index in [2.05, 4.69) is 5.32 Å². The van der Waals surface area contributed by atoms with Gasteiger partial charge in [-0.05, 0) is 11.6 Å². The molecule has 0 fully saturated rings. The Bertz CT molecular complexity index is 469. The Hall–Kier alpha value is -2.05. The highest BCUT2D eigenvalue weighted by atomic mass is 19.4. The Morgan fingerprint density at radius 2 is 1.89 bits per heavy atom. The van der Waals surface area contributed by atoms with Gasteiger partial charge in [-0.2, -0.15) is 13.2 Å². The second-order valence-electron chi connectivity index (χ2n) is 3.94. The molecule has 104 valence electrons. The van der Waals surface area contributed by atoms with Crippen molar-refractivity contribution in [2.75, 3.05) is 0 Å². The fourth-order valence-corrected chi connectivity index (χ4v) is 1.72. The quantitative estimate of drug-likeness (QED) is 0.886. The van der Waals surface area contributed by atoms with Gasteiger partial charge in [0.05, 0.1) is 18.0 Å². The topological polar surface area (TPSA) is 66.4 Å². The van der Waals surface area contributed by atoms with Gasteiger partial charge < -0.3 is 10.4 Å². The molecule has 0 saturated carbocycles. The zero-order chi connectivity index (χ0) is 14.6. The average Bonchev–Trinajstić information content (AvgIpc) is 2.25. The van der Waals surface area contributed by atoms with Crippen molar-refractivity contribution in [1.82, 2.24) is 5.32 Å². The number of carboxylic acids is 1. The number of halogens is 3. The number of aliphatic carboxylic acids is 1. The molecule has 19 heavy (non-hydrogen) atoms. The molecule has 0 heterocycles. The van der Waals surface area contributed by atoms with Gasteiger partial charge in [-0.1, -0.05) is 18.2 Å². The summed E-state index contributed by atoms with van der Waals surface area (Å²) in [6, 6.07) is 3.37. The number of hydrogen-bond acceptors (Lipinski definition) is 2. The smallest absolute Gasteiger partial charge is 0.416 e. The van der Waals surface area contributed by atoms with Crippen LogP contribution in [0.5, 0.6) is 0 Å². The molecular weight excluding hydrogens is 263 g/mol. The fourth-order valence-electron chi connectivity index (χ4n) is 1.72. The second kappa shape index (κ2) is 5.73. The monoisotopic (exact) mass is 275 g/mol. The van der Waals surface area contributed by atoms with Gasteiger partial charge in [-0.25, -0.2) is 0 Å². The first-order chi connectivity index (χ1) is 8.71. The maximum Gasteiger partial charge on any atom is 0.416 e. The van der Waals surface area contributed by atoms with Crippen molar-refractivity contribution in [3.05, 3.63) is 35.4 Å². The lowest BCUT2D eigenvalue weighted by atomic mass is 9.97. The number of carbonyl (C=O) groups is 2. The summed E-state index contributed by atoms with van der Waals surface area (Å²) in [5.41, 5.74) is -1.21. The molecule has 0 aliphatic carbocycles. The van der Waals surface area contributed by atoms with Gasteiger partial charge >= 0.3 is 12.1 Å². The van der Waals surface area contributed by atoms with Gasteiger partial charge in [0.1, 0.15) is 0 Å². The number of rotatable bonds is 4. The largest absolute Gasteiger partial charge is 0.481 e. The number of alkyl halides is 3. The number of benzene rings is 1. The molecular formula is C12H12F3NO3. The van der Waals surface area contributed by atoms with E-state index in [-0.39, 0.29) is 5.56 Å². The highest BCUT2D eigenvalue weighted by Gasteiger charge is 2.35. The number of nitrogens with one attached hydrogen (secondary N) is 1. The highest BCUT2D eigenvalue weighted by molar-refractivity contribution is 5.75. The van der Waals surface area contributed by atoms with Crippen LogP contribution in [0.25, 0.3) is 0 Å². The zero-order valence-electron chi connectivity index (χ0n) is 9.99. The van der Waals surface area contributed by atoms with Crippen molar-refractivity contribution in [3.8, 4) is 0 Å². The predicted molar refractivity (Wildman–Crippen MR) is 60.3 cm³/mol. The van der Waals surface area contributed by atoms with Crippen LogP contribution in [-0.4, -0.2) is 17.0 Å². The molecule has 0 aliphatic rings. The summed E-state index contributed by atoms with van der Waals surface area (Å²) in [7, 11) is 0. The first-order valence-electron chi connectivity index (χ1n) is 5.37. The molecule has 0 bridgehead atoms. The molecule has 1 rings (SSSR count). The zero-order valence-corrected chi connectivity index (χ0v) is 9.99. The van der Waals surface area contributed by atoms with Gasteiger partial charge in [0.25, 0.3) is 0 Å². The standard InChI is InChI=1S/C12H12F3NO3/c1-7(17)16-10(6-11(18)19)8-4-2-3-5-9(8)12(13,14)15/h2-5,10H,6H2,1H3,(H,16,17)(H,18,19)/t10-/m1/s1. The molecule has 1 amide bonds. The van der Waals surface area contributed by atoms with Gasteiger partial charge in [0.15, 0.2) is 0 Å². The maximum absolute atomic E-state index is 12.8.